The van der Waals surface area contributed by atoms with Gasteiger partial charge in [-0.25, -0.2) is 0 Å². The molecule has 0 unspecified atom stereocenters. The van der Waals surface area contributed by atoms with Gasteiger partial charge in [0.25, 0.3) is 0 Å². The van der Waals surface area contributed by atoms with Crippen molar-refractivity contribution in [3.8, 4) is 16.9 Å². The molecule has 0 N–H and O–H groups in total. The Morgan fingerprint density at radius 3 is 2.03 bits per heavy atom. The monoisotopic (exact) mass is 387 g/mol. The first-order chi connectivity index (χ1) is 14.3. The van der Waals surface area contributed by atoms with Crippen LogP contribution in [0.15, 0.2) is 78.9 Å². The minimum Gasteiger partial charge on any atom is -0.489 e. The predicted octanol–water partition coefficient (Wildman–Crippen LogP) is 6.60. The highest BCUT2D eigenvalue weighted by atomic mass is 16.5. The van der Waals surface area contributed by atoms with E-state index in [1.54, 1.807) is 0 Å². The van der Waals surface area contributed by atoms with Gasteiger partial charge in [-0.15, -0.1) is 0 Å². The van der Waals surface area contributed by atoms with Gasteiger partial charge in [-0.1, -0.05) is 80.6 Å². The second-order valence-electron chi connectivity index (χ2n) is 7.59. The zero-order valence-electron chi connectivity index (χ0n) is 17.8. The Hall–Kier alpha value is -2.58. The van der Waals surface area contributed by atoms with Gasteiger partial charge in [-0.3, -0.25) is 0 Å². The van der Waals surface area contributed by atoms with E-state index in [9.17, 15) is 0 Å². The third kappa shape index (κ3) is 6.76. The molecule has 152 valence electrons. The Labute approximate surface area is 176 Å². The maximum atomic E-state index is 6.07. The van der Waals surface area contributed by atoms with Gasteiger partial charge in [0.2, 0.25) is 0 Å². The highest BCUT2D eigenvalue weighted by Crippen LogP contribution is 2.21. The van der Waals surface area contributed by atoms with Crippen molar-refractivity contribution >= 4 is 0 Å². The van der Waals surface area contributed by atoms with Crippen molar-refractivity contribution < 1.29 is 4.74 Å². The van der Waals surface area contributed by atoms with Crippen LogP contribution >= 0.6 is 0 Å². The summed E-state index contributed by atoms with van der Waals surface area (Å²) in [6, 6.07) is 27.7. The number of nitrogens with zero attached hydrogens (tertiary/aromatic N) is 1. The zero-order valence-corrected chi connectivity index (χ0v) is 17.8. The lowest BCUT2D eigenvalue weighted by molar-refractivity contribution is 0.277. The third-order valence-corrected chi connectivity index (χ3v) is 5.16. The van der Waals surface area contributed by atoms with Crippen molar-refractivity contribution in [1.82, 2.24) is 4.90 Å². The average Bonchev–Trinajstić information content (AvgIpc) is 2.78. The number of benzene rings is 3. The lowest BCUT2D eigenvalue weighted by Crippen LogP contribution is -2.27. The molecule has 0 aliphatic heterocycles. The Morgan fingerprint density at radius 1 is 0.655 bits per heavy atom. The van der Waals surface area contributed by atoms with E-state index in [1.165, 1.54) is 48.2 Å². The highest BCUT2D eigenvalue weighted by molar-refractivity contribution is 5.63. The molecule has 2 heteroatoms. The second-order valence-corrected chi connectivity index (χ2v) is 7.59. The van der Waals surface area contributed by atoms with Gasteiger partial charge in [0.15, 0.2) is 0 Å². The second kappa shape index (κ2) is 11.4. The first-order valence-corrected chi connectivity index (χ1v) is 10.9. The fourth-order valence-corrected chi connectivity index (χ4v) is 3.64. The van der Waals surface area contributed by atoms with Crippen molar-refractivity contribution in [3.05, 3.63) is 90.0 Å². The summed E-state index contributed by atoms with van der Waals surface area (Å²) in [5.41, 5.74) is 5.01. The van der Waals surface area contributed by atoms with Crippen LogP contribution in [0, 0.1) is 0 Å². The fraction of sp³-hybridized carbons (Fsp3) is 0.333. The van der Waals surface area contributed by atoms with Crippen molar-refractivity contribution in [2.75, 3.05) is 19.6 Å². The summed E-state index contributed by atoms with van der Waals surface area (Å²) in [6.45, 7) is 8.58. The molecule has 3 aromatic carbocycles. The minimum absolute atomic E-state index is 0.594. The third-order valence-electron chi connectivity index (χ3n) is 5.16. The van der Waals surface area contributed by atoms with Crippen molar-refractivity contribution in [1.29, 1.82) is 0 Å². The summed E-state index contributed by atoms with van der Waals surface area (Å²) < 4.78 is 6.07. The van der Waals surface area contributed by atoms with Crippen LogP contribution in [0.5, 0.6) is 5.75 Å². The topological polar surface area (TPSA) is 12.5 Å². The minimum atomic E-state index is 0.594. The molecule has 3 rings (SSSR count). The van der Waals surface area contributed by atoms with E-state index < -0.39 is 0 Å². The molecule has 0 radical (unpaired) electrons. The number of hydrogen-bond acceptors (Lipinski definition) is 2. The molecule has 0 aromatic heterocycles. The summed E-state index contributed by atoms with van der Waals surface area (Å²) in [5.74, 6) is 0.951. The van der Waals surface area contributed by atoms with Crippen molar-refractivity contribution in [2.45, 2.75) is 39.7 Å². The first kappa shape index (κ1) is 21.1. The van der Waals surface area contributed by atoms with Gasteiger partial charge in [-0.05, 0) is 66.7 Å². The van der Waals surface area contributed by atoms with E-state index in [0.717, 1.165) is 18.7 Å². The van der Waals surface area contributed by atoms with Crippen molar-refractivity contribution in [2.24, 2.45) is 0 Å². The molecule has 0 fully saturated rings. The lowest BCUT2D eigenvalue weighted by atomic mass is 10.0. The first-order valence-electron chi connectivity index (χ1n) is 10.9. The van der Waals surface area contributed by atoms with Crippen LogP contribution in [0.2, 0.25) is 0 Å². The average molecular weight is 388 g/mol. The molecule has 0 saturated carbocycles. The molecule has 0 spiro atoms. The fourth-order valence-electron chi connectivity index (χ4n) is 3.64. The SMILES string of the molecule is CCCN(CCC)CCc1cccc(OCc2ccc(-c3ccccc3)cc2)c1. The van der Waals surface area contributed by atoms with E-state index in [-0.39, 0.29) is 0 Å². The molecule has 0 aliphatic rings. The van der Waals surface area contributed by atoms with Gasteiger partial charge in [0, 0.05) is 6.54 Å². The van der Waals surface area contributed by atoms with Crippen molar-refractivity contribution in [3.63, 3.8) is 0 Å². The van der Waals surface area contributed by atoms with E-state index in [4.69, 9.17) is 4.74 Å². The van der Waals surface area contributed by atoms with E-state index in [1.807, 2.05) is 6.07 Å². The number of ether oxygens (including phenoxy) is 1. The zero-order chi connectivity index (χ0) is 20.3. The summed E-state index contributed by atoms with van der Waals surface area (Å²) in [7, 11) is 0. The van der Waals surface area contributed by atoms with Crippen LogP contribution in [-0.4, -0.2) is 24.5 Å². The number of rotatable bonds is 11. The normalized spacial score (nSPS) is 11.0. The lowest BCUT2D eigenvalue weighted by Gasteiger charge is -2.20. The van der Waals surface area contributed by atoms with Crippen LogP contribution in [0.4, 0.5) is 0 Å². The Balaban J connectivity index is 1.53. The standard InChI is InChI=1S/C27H33NO/c1-3-18-28(19-4-2)20-17-23-9-8-12-27(21-23)29-22-24-13-15-26(16-14-24)25-10-6-5-7-11-25/h5-16,21H,3-4,17-20,22H2,1-2H3. The van der Waals surface area contributed by atoms with Crippen LogP contribution < -0.4 is 4.74 Å². The van der Waals surface area contributed by atoms with Crippen LogP contribution in [-0.2, 0) is 13.0 Å². The van der Waals surface area contributed by atoms with Crippen LogP contribution in [0.25, 0.3) is 11.1 Å². The molecule has 0 bridgehead atoms. The maximum absolute atomic E-state index is 6.07. The van der Waals surface area contributed by atoms with Crippen LogP contribution in [0.3, 0.4) is 0 Å². The van der Waals surface area contributed by atoms with Gasteiger partial charge in [-0.2, -0.15) is 0 Å². The maximum Gasteiger partial charge on any atom is 0.120 e. The Kier molecular flexibility index (Phi) is 8.33. The molecule has 3 aromatic rings. The molecular weight excluding hydrogens is 354 g/mol. The molecule has 0 aliphatic carbocycles. The molecule has 0 saturated heterocycles. The molecule has 0 amide bonds. The van der Waals surface area contributed by atoms with E-state index in [2.05, 4.69) is 91.5 Å². The van der Waals surface area contributed by atoms with Gasteiger partial charge < -0.3 is 9.64 Å². The smallest absolute Gasteiger partial charge is 0.120 e. The predicted molar refractivity (Wildman–Crippen MR) is 123 cm³/mol. The molecule has 29 heavy (non-hydrogen) atoms. The van der Waals surface area contributed by atoms with E-state index >= 15 is 0 Å². The molecule has 0 atom stereocenters. The molecule has 0 heterocycles. The quantitative estimate of drug-likeness (QED) is 0.368. The van der Waals surface area contributed by atoms with Crippen LogP contribution in [0.1, 0.15) is 37.8 Å². The Bertz CT molecular complexity index is 836. The van der Waals surface area contributed by atoms with Gasteiger partial charge in [0.05, 0.1) is 0 Å². The highest BCUT2D eigenvalue weighted by Gasteiger charge is 2.04. The summed E-state index contributed by atoms with van der Waals surface area (Å²) in [4.78, 5) is 2.56. The summed E-state index contributed by atoms with van der Waals surface area (Å²) in [5, 5.41) is 0. The Morgan fingerprint density at radius 2 is 1.34 bits per heavy atom. The van der Waals surface area contributed by atoms with Gasteiger partial charge >= 0.3 is 0 Å². The molecular formula is C27H33NO. The largest absolute Gasteiger partial charge is 0.489 e. The number of hydrogen-bond donors (Lipinski definition) is 0. The molecule has 2 nitrogen and oxygen atoms in total. The van der Waals surface area contributed by atoms with E-state index in [0.29, 0.717) is 6.61 Å². The summed E-state index contributed by atoms with van der Waals surface area (Å²) in [6.07, 6.45) is 3.50. The summed E-state index contributed by atoms with van der Waals surface area (Å²) >= 11 is 0. The van der Waals surface area contributed by atoms with Gasteiger partial charge in [0.1, 0.15) is 12.4 Å².